The van der Waals surface area contributed by atoms with E-state index in [1.807, 2.05) is 12.1 Å². The molecule has 0 saturated carbocycles. The van der Waals surface area contributed by atoms with Crippen LogP contribution in [0.25, 0.3) is 0 Å². The van der Waals surface area contributed by atoms with Crippen LogP contribution < -0.4 is 10.1 Å². The van der Waals surface area contributed by atoms with Crippen molar-refractivity contribution in [3.8, 4) is 5.75 Å². The summed E-state index contributed by atoms with van der Waals surface area (Å²) in [6.45, 7) is 2.88. The molecule has 106 valence electrons. The molecule has 1 unspecified atom stereocenters. The van der Waals surface area contributed by atoms with Gasteiger partial charge in [0.2, 0.25) is 0 Å². The monoisotopic (exact) mass is 391 g/mol. The van der Waals surface area contributed by atoms with E-state index in [2.05, 4.69) is 44.1 Å². The van der Waals surface area contributed by atoms with Crippen molar-refractivity contribution in [1.82, 2.24) is 5.32 Å². The normalized spacial score (nSPS) is 12.0. The highest BCUT2D eigenvalue weighted by atomic mass is 79.9. The van der Waals surface area contributed by atoms with Gasteiger partial charge in [0.05, 0.1) is 12.7 Å². The Morgan fingerprint density at radius 1 is 1.47 bits per heavy atom. The van der Waals surface area contributed by atoms with Gasteiger partial charge in [0.15, 0.2) is 0 Å². The van der Waals surface area contributed by atoms with E-state index in [0.717, 1.165) is 22.6 Å². The van der Waals surface area contributed by atoms with Gasteiger partial charge in [-0.25, -0.2) is 0 Å². The van der Waals surface area contributed by atoms with Gasteiger partial charge in [-0.1, -0.05) is 22.9 Å². The second-order valence-electron chi connectivity index (χ2n) is 4.50. The van der Waals surface area contributed by atoms with Crippen molar-refractivity contribution in [3.63, 3.8) is 0 Å². The summed E-state index contributed by atoms with van der Waals surface area (Å²) in [5.41, 5.74) is 0.605. The number of methoxy groups -OCH3 is 1. The maximum atomic E-state index is 12.0. The molecule has 0 radical (unpaired) electrons. The first-order valence-electron chi connectivity index (χ1n) is 6.26. The number of hydrogen-bond acceptors (Lipinski definition) is 2. The highest BCUT2D eigenvalue weighted by Gasteiger charge is 2.11. The summed E-state index contributed by atoms with van der Waals surface area (Å²) in [4.78, 5) is 12.0. The SMILES string of the molecule is COc1ccc(Br)c(C(=O)NCCCC(C)CBr)c1. The molecule has 0 bridgehead atoms. The number of benzene rings is 1. The summed E-state index contributed by atoms with van der Waals surface area (Å²) < 4.78 is 5.90. The van der Waals surface area contributed by atoms with Crippen LogP contribution in [0.2, 0.25) is 0 Å². The summed E-state index contributed by atoms with van der Waals surface area (Å²) in [6, 6.07) is 5.37. The molecule has 1 aromatic carbocycles. The third-order valence-corrected chi connectivity index (χ3v) is 4.64. The van der Waals surface area contributed by atoms with E-state index in [4.69, 9.17) is 4.74 Å². The molecule has 0 aromatic heterocycles. The first-order valence-corrected chi connectivity index (χ1v) is 8.17. The molecule has 0 heterocycles. The summed E-state index contributed by atoms with van der Waals surface area (Å²) >= 11 is 6.83. The number of nitrogens with one attached hydrogen (secondary N) is 1. The molecule has 0 saturated heterocycles. The number of amides is 1. The van der Waals surface area contributed by atoms with Crippen LogP contribution in [0, 0.1) is 5.92 Å². The summed E-state index contributed by atoms with van der Waals surface area (Å²) in [6.07, 6.45) is 2.09. The Morgan fingerprint density at radius 3 is 2.84 bits per heavy atom. The minimum absolute atomic E-state index is 0.0720. The Bertz CT molecular complexity index is 424. The lowest BCUT2D eigenvalue weighted by molar-refractivity contribution is 0.0951. The molecule has 1 rings (SSSR count). The van der Waals surface area contributed by atoms with Crippen molar-refractivity contribution in [1.29, 1.82) is 0 Å². The number of carbonyl (C=O) groups is 1. The van der Waals surface area contributed by atoms with Crippen LogP contribution in [-0.2, 0) is 0 Å². The van der Waals surface area contributed by atoms with Crippen molar-refractivity contribution in [2.75, 3.05) is 19.0 Å². The summed E-state index contributed by atoms with van der Waals surface area (Å²) in [5.74, 6) is 1.25. The van der Waals surface area contributed by atoms with Gasteiger partial charge in [0.1, 0.15) is 5.75 Å². The standard InChI is InChI=1S/C14H19Br2NO2/c1-10(9-15)4-3-7-17-14(18)12-8-11(19-2)5-6-13(12)16/h5-6,8,10H,3-4,7,9H2,1-2H3,(H,17,18). The lowest BCUT2D eigenvalue weighted by Crippen LogP contribution is -2.25. The zero-order chi connectivity index (χ0) is 14.3. The number of alkyl halides is 1. The third kappa shape index (κ3) is 5.53. The van der Waals surface area contributed by atoms with E-state index in [1.54, 1.807) is 13.2 Å². The number of carbonyl (C=O) groups excluding carboxylic acids is 1. The van der Waals surface area contributed by atoms with E-state index in [9.17, 15) is 4.79 Å². The van der Waals surface area contributed by atoms with Gasteiger partial charge in [-0.05, 0) is 52.9 Å². The van der Waals surface area contributed by atoms with E-state index >= 15 is 0 Å². The van der Waals surface area contributed by atoms with Gasteiger partial charge in [-0.3, -0.25) is 4.79 Å². The summed E-state index contributed by atoms with van der Waals surface area (Å²) in [5, 5.41) is 3.93. The fourth-order valence-electron chi connectivity index (χ4n) is 1.63. The second-order valence-corrected chi connectivity index (χ2v) is 6.01. The third-order valence-electron chi connectivity index (χ3n) is 2.84. The van der Waals surface area contributed by atoms with Crippen LogP contribution in [0.4, 0.5) is 0 Å². The van der Waals surface area contributed by atoms with Gasteiger partial charge >= 0.3 is 0 Å². The lowest BCUT2D eigenvalue weighted by Gasteiger charge is -2.10. The van der Waals surface area contributed by atoms with Gasteiger partial charge in [0, 0.05) is 16.3 Å². The van der Waals surface area contributed by atoms with Crippen LogP contribution in [0.1, 0.15) is 30.1 Å². The maximum absolute atomic E-state index is 12.0. The Hall–Kier alpha value is -0.550. The molecule has 0 fully saturated rings. The van der Waals surface area contributed by atoms with Crippen molar-refractivity contribution in [2.24, 2.45) is 5.92 Å². The first kappa shape index (κ1) is 16.5. The van der Waals surface area contributed by atoms with Crippen LogP contribution in [-0.4, -0.2) is 24.9 Å². The second kappa shape index (κ2) is 8.59. The van der Waals surface area contributed by atoms with Crippen molar-refractivity contribution < 1.29 is 9.53 Å². The topological polar surface area (TPSA) is 38.3 Å². The van der Waals surface area contributed by atoms with Crippen LogP contribution in [0.3, 0.4) is 0 Å². The van der Waals surface area contributed by atoms with Crippen molar-refractivity contribution >= 4 is 37.8 Å². The van der Waals surface area contributed by atoms with Gasteiger partial charge in [-0.15, -0.1) is 0 Å². The molecule has 5 heteroatoms. The zero-order valence-corrected chi connectivity index (χ0v) is 14.4. The van der Waals surface area contributed by atoms with Crippen LogP contribution in [0.15, 0.2) is 22.7 Å². The molecular formula is C14H19Br2NO2. The zero-order valence-electron chi connectivity index (χ0n) is 11.2. The minimum Gasteiger partial charge on any atom is -0.497 e. The summed E-state index contributed by atoms with van der Waals surface area (Å²) in [7, 11) is 1.59. The molecule has 1 N–H and O–H groups in total. The molecule has 0 spiro atoms. The van der Waals surface area contributed by atoms with E-state index in [0.29, 0.717) is 23.8 Å². The lowest BCUT2D eigenvalue weighted by atomic mass is 10.1. The molecule has 0 aliphatic rings. The number of rotatable bonds is 7. The first-order chi connectivity index (χ1) is 9.08. The molecule has 3 nitrogen and oxygen atoms in total. The quantitative estimate of drug-likeness (QED) is 0.562. The number of halogens is 2. The fraction of sp³-hybridized carbons (Fsp3) is 0.500. The van der Waals surface area contributed by atoms with E-state index in [-0.39, 0.29) is 5.91 Å². The molecule has 0 aliphatic carbocycles. The molecule has 0 aliphatic heterocycles. The van der Waals surface area contributed by atoms with Crippen LogP contribution >= 0.6 is 31.9 Å². The van der Waals surface area contributed by atoms with Crippen molar-refractivity contribution in [2.45, 2.75) is 19.8 Å². The number of hydrogen-bond donors (Lipinski definition) is 1. The number of ether oxygens (including phenoxy) is 1. The van der Waals surface area contributed by atoms with Gasteiger partial charge in [-0.2, -0.15) is 0 Å². The Balaban J connectivity index is 2.49. The predicted octanol–water partition coefficient (Wildman–Crippen LogP) is 4.00. The highest BCUT2D eigenvalue weighted by molar-refractivity contribution is 9.10. The Morgan fingerprint density at radius 2 is 2.21 bits per heavy atom. The highest BCUT2D eigenvalue weighted by Crippen LogP contribution is 2.22. The maximum Gasteiger partial charge on any atom is 0.252 e. The Kier molecular flexibility index (Phi) is 7.46. The van der Waals surface area contributed by atoms with Crippen LogP contribution in [0.5, 0.6) is 5.75 Å². The molecule has 1 aromatic rings. The van der Waals surface area contributed by atoms with E-state index in [1.165, 1.54) is 0 Å². The predicted molar refractivity (Wildman–Crippen MR) is 85.2 cm³/mol. The van der Waals surface area contributed by atoms with Gasteiger partial charge < -0.3 is 10.1 Å². The molecule has 1 atom stereocenters. The fourth-order valence-corrected chi connectivity index (χ4v) is 2.38. The Labute approximate surface area is 131 Å². The smallest absolute Gasteiger partial charge is 0.252 e. The minimum atomic E-state index is -0.0720. The molecule has 19 heavy (non-hydrogen) atoms. The largest absolute Gasteiger partial charge is 0.497 e. The van der Waals surface area contributed by atoms with Crippen molar-refractivity contribution in [3.05, 3.63) is 28.2 Å². The molecule has 1 amide bonds. The van der Waals surface area contributed by atoms with E-state index < -0.39 is 0 Å². The average molecular weight is 393 g/mol. The molecular weight excluding hydrogens is 374 g/mol. The average Bonchev–Trinajstić information content (AvgIpc) is 2.43. The van der Waals surface area contributed by atoms with Gasteiger partial charge in [0.25, 0.3) is 5.91 Å².